The van der Waals surface area contributed by atoms with Gasteiger partial charge in [-0.15, -0.1) is 0 Å². The molecule has 0 radical (unpaired) electrons. The number of rotatable bonds is 4. The number of nitrogens with one attached hydrogen (secondary N) is 1. The highest BCUT2D eigenvalue weighted by molar-refractivity contribution is 5.76. The first-order chi connectivity index (χ1) is 12.0. The summed E-state index contributed by atoms with van der Waals surface area (Å²) in [7, 11) is 0. The van der Waals surface area contributed by atoms with Crippen LogP contribution in [0.5, 0.6) is 0 Å². The van der Waals surface area contributed by atoms with E-state index in [9.17, 15) is 22.8 Å². The lowest BCUT2D eigenvalue weighted by atomic mass is 9.92. The monoisotopic (exact) mass is 373 g/mol. The van der Waals surface area contributed by atoms with Crippen molar-refractivity contribution >= 4 is 12.1 Å². The second-order valence-electron chi connectivity index (χ2n) is 7.21. The maximum Gasteiger partial charge on any atom is 0.416 e. The normalized spacial score (nSPS) is 19.0. The highest BCUT2D eigenvalue weighted by atomic mass is 19.4. The Labute approximate surface area is 149 Å². The quantitative estimate of drug-likeness (QED) is 0.818. The molecule has 2 atom stereocenters. The van der Waals surface area contributed by atoms with E-state index < -0.39 is 41.4 Å². The minimum absolute atomic E-state index is 0.192. The van der Waals surface area contributed by atoms with Gasteiger partial charge in [0, 0.05) is 6.04 Å². The number of ether oxygens (including phenoxy) is 2. The van der Waals surface area contributed by atoms with Crippen molar-refractivity contribution in [2.45, 2.75) is 51.4 Å². The number of carbonyl (C=O) groups excluding carboxylic acids is 2. The maximum absolute atomic E-state index is 12.7. The Hall–Kier alpha value is -2.25. The standard InChI is InChI=1S/C18H22F3NO4/c1-17(2,3)26-16(24)22-14(13-8-9-25-15(13)23)10-11-4-6-12(7-5-11)18(19,20)21/h4-7,13-14H,8-10H2,1-3H3,(H,22,24)/t13-,14-/m1/s1. The van der Waals surface area contributed by atoms with Gasteiger partial charge in [0.25, 0.3) is 0 Å². The Morgan fingerprint density at radius 2 is 1.88 bits per heavy atom. The fraction of sp³-hybridized carbons (Fsp3) is 0.556. The molecule has 2 rings (SSSR count). The van der Waals surface area contributed by atoms with Crippen molar-refractivity contribution in [1.82, 2.24) is 5.32 Å². The van der Waals surface area contributed by atoms with Crippen LogP contribution in [0.15, 0.2) is 24.3 Å². The predicted molar refractivity (Wildman–Crippen MR) is 87.4 cm³/mol. The molecule has 0 saturated carbocycles. The van der Waals surface area contributed by atoms with Crippen molar-refractivity contribution < 1.29 is 32.2 Å². The van der Waals surface area contributed by atoms with Gasteiger partial charge in [0.2, 0.25) is 0 Å². The lowest BCUT2D eigenvalue weighted by molar-refractivity contribution is -0.142. The van der Waals surface area contributed by atoms with Crippen LogP contribution < -0.4 is 5.32 Å². The lowest BCUT2D eigenvalue weighted by Crippen LogP contribution is -2.45. The third kappa shape index (κ3) is 5.64. The van der Waals surface area contributed by atoms with Crippen LogP contribution in [0.25, 0.3) is 0 Å². The van der Waals surface area contributed by atoms with Crippen LogP contribution in [0.4, 0.5) is 18.0 Å². The van der Waals surface area contributed by atoms with Gasteiger partial charge >= 0.3 is 18.2 Å². The molecule has 1 aromatic carbocycles. The summed E-state index contributed by atoms with van der Waals surface area (Å²) in [6.45, 7) is 5.38. The summed E-state index contributed by atoms with van der Waals surface area (Å²) in [4.78, 5) is 24.0. The number of amides is 1. The Morgan fingerprint density at radius 3 is 2.35 bits per heavy atom. The molecular weight excluding hydrogens is 351 g/mol. The molecule has 26 heavy (non-hydrogen) atoms. The summed E-state index contributed by atoms with van der Waals surface area (Å²) in [5, 5.41) is 2.66. The summed E-state index contributed by atoms with van der Waals surface area (Å²) in [6, 6.07) is 4.01. The van der Waals surface area contributed by atoms with Gasteiger partial charge in [0.1, 0.15) is 5.60 Å². The van der Waals surface area contributed by atoms with Gasteiger partial charge in [-0.2, -0.15) is 13.2 Å². The summed E-state index contributed by atoms with van der Waals surface area (Å²) >= 11 is 0. The molecule has 1 fully saturated rings. The van der Waals surface area contributed by atoms with Gasteiger partial charge in [0.15, 0.2) is 0 Å². The molecular formula is C18H22F3NO4. The predicted octanol–water partition coefficient (Wildman–Crippen LogP) is 3.70. The molecule has 144 valence electrons. The number of hydrogen-bond donors (Lipinski definition) is 1. The maximum atomic E-state index is 12.7. The zero-order valence-corrected chi connectivity index (χ0v) is 14.9. The molecule has 1 aliphatic heterocycles. The Bertz CT molecular complexity index is 650. The Morgan fingerprint density at radius 1 is 1.27 bits per heavy atom. The SMILES string of the molecule is CC(C)(C)OC(=O)N[C@H](Cc1ccc(C(F)(F)F)cc1)[C@H]1CCOC1=O. The van der Waals surface area contributed by atoms with Gasteiger partial charge in [0.05, 0.1) is 18.1 Å². The van der Waals surface area contributed by atoms with Crippen molar-refractivity contribution in [1.29, 1.82) is 0 Å². The van der Waals surface area contributed by atoms with Gasteiger partial charge in [-0.3, -0.25) is 4.79 Å². The van der Waals surface area contributed by atoms with E-state index in [1.165, 1.54) is 12.1 Å². The van der Waals surface area contributed by atoms with Crippen LogP contribution in [0.3, 0.4) is 0 Å². The number of esters is 1. The molecule has 0 spiro atoms. The summed E-state index contributed by atoms with van der Waals surface area (Å²) in [5.74, 6) is -0.997. The van der Waals surface area contributed by atoms with Crippen LogP contribution in [-0.4, -0.2) is 30.3 Å². The molecule has 1 heterocycles. The molecule has 1 aromatic rings. The second-order valence-corrected chi connectivity index (χ2v) is 7.21. The highest BCUT2D eigenvalue weighted by Gasteiger charge is 2.36. The second kappa shape index (κ2) is 7.55. The summed E-state index contributed by atoms with van der Waals surface area (Å²) in [6.07, 6.45) is -4.48. The van der Waals surface area contributed by atoms with Gasteiger partial charge < -0.3 is 14.8 Å². The molecule has 0 unspecified atom stereocenters. The molecule has 8 heteroatoms. The molecule has 0 aromatic heterocycles. The smallest absolute Gasteiger partial charge is 0.416 e. The van der Waals surface area contributed by atoms with E-state index in [0.29, 0.717) is 12.0 Å². The minimum Gasteiger partial charge on any atom is -0.465 e. The first-order valence-electron chi connectivity index (χ1n) is 8.28. The summed E-state index contributed by atoms with van der Waals surface area (Å²) in [5.41, 5.74) is -0.893. The Balaban J connectivity index is 2.13. The number of hydrogen-bond acceptors (Lipinski definition) is 4. The average Bonchev–Trinajstić information content (AvgIpc) is 2.90. The van der Waals surface area contributed by atoms with E-state index in [4.69, 9.17) is 9.47 Å². The van der Waals surface area contributed by atoms with E-state index >= 15 is 0 Å². The topological polar surface area (TPSA) is 64.6 Å². The Kier molecular flexibility index (Phi) is 5.83. The molecule has 1 amide bonds. The fourth-order valence-electron chi connectivity index (χ4n) is 2.71. The number of halogens is 3. The van der Waals surface area contributed by atoms with Crippen molar-refractivity contribution in [2.75, 3.05) is 6.61 Å². The number of alkyl halides is 3. The molecule has 0 bridgehead atoms. The van der Waals surface area contributed by atoms with Gasteiger partial charge in [-0.05, 0) is 51.3 Å². The molecule has 1 saturated heterocycles. The van der Waals surface area contributed by atoms with E-state index in [1.807, 2.05) is 0 Å². The van der Waals surface area contributed by atoms with Gasteiger partial charge in [-0.25, -0.2) is 4.79 Å². The van der Waals surface area contributed by atoms with Crippen LogP contribution in [0.2, 0.25) is 0 Å². The minimum atomic E-state index is -4.41. The third-order valence-corrected chi connectivity index (χ3v) is 3.90. The van der Waals surface area contributed by atoms with Crippen LogP contribution in [-0.2, 0) is 26.9 Å². The van der Waals surface area contributed by atoms with E-state index in [2.05, 4.69) is 5.32 Å². The van der Waals surface area contributed by atoms with Crippen molar-refractivity contribution in [3.05, 3.63) is 35.4 Å². The average molecular weight is 373 g/mol. The highest BCUT2D eigenvalue weighted by Crippen LogP contribution is 2.30. The van der Waals surface area contributed by atoms with E-state index in [-0.39, 0.29) is 13.0 Å². The molecule has 1 N–H and O–H groups in total. The zero-order chi connectivity index (χ0) is 19.5. The van der Waals surface area contributed by atoms with Crippen molar-refractivity contribution in [3.63, 3.8) is 0 Å². The fourth-order valence-corrected chi connectivity index (χ4v) is 2.71. The van der Waals surface area contributed by atoms with Crippen molar-refractivity contribution in [2.24, 2.45) is 5.92 Å². The molecule has 1 aliphatic rings. The van der Waals surface area contributed by atoms with Crippen LogP contribution in [0, 0.1) is 5.92 Å². The first-order valence-corrected chi connectivity index (χ1v) is 8.28. The number of carbonyl (C=O) groups is 2. The number of benzene rings is 1. The largest absolute Gasteiger partial charge is 0.465 e. The number of cyclic esters (lactones) is 1. The zero-order valence-electron chi connectivity index (χ0n) is 14.9. The van der Waals surface area contributed by atoms with Crippen LogP contribution in [0.1, 0.15) is 38.3 Å². The molecule has 0 aliphatic carbocycles. The van der Waals surface area contributed by atoms with Gasteiger partial charge in [-0.1, -0.05) is 12.1 Å². The van der Waals surface area contributed by atoms with E-state index in [0.717, 1.165) is 12.1 Å². The van der Waals surface area contributed by atoms with Crippen molar-refractivity contribution in [3.8, 4) is 0 Å². The van der Waals surface area contributed by atoms with Crippen LogP contribution >= 0.6 is 0 Å². The first kappa shape index (κ1) is 20.1. The van der Waals surface area contributed by atoms with E-state index in [1.54, 1.807) is 20.8 Å². The lowest BCUT2D eigenvalue weighted by Gasteiger charge is -2.25. The molecule has 5 nitrogen and oxygen atoms in total. The number of alkyl carbamates (subject to hydrolysis) is 1. The summed E-state index contributed by atoms with van der Waals surface area (Å²) < 4.78 is 48.2. The third-order valence-electron chi connectivity index (χ3n) is 3.90.